The van der Waals surface area contributed by atoms with Crippen molar-refractivity contribution >= 4 is 5.57 Å². The molecule has 142 valence electrons. The average Bonchev–Trinajstić information content (AvgIpc) is 3.31. The summed E-state index contributed by atoms with van der Waals surface area (Å²) >= 11 is 0. The van der Waals surface area contributed by atoms with Gasteiger partial charge in [-0.15, -0.1) is 0 Å². The lowest BCUT2D eigenvalue weighted by Crippen LogP contribution is -2.32. The van der Waals surface area contributed by atoms with Crippen molar-refractivity contribution in [3.8, 4) is 22.4 Å². The van der Waals surface area contributed by atoms with Gasteiger partial charge in [-0.3, -0.25) is 15.0 Å². The van der Waals surface area contributed by atoms with Crippen molar-refractivity contribution in [3.63, 3.8) is 0 Å². The molecule has 0 bridgehead atoms. The number of hydrogen-bond donors (Lipinski definition) is 1. The topological polar surface area (TPSA) is 44.8 Å². The molecule has 5 rings (SSSR count). The molecule has 1 saturated heterocycles. The summed E-state index contributed by atoms with van der Waals surface area (Å²) in [5, 5.41) is 7.77. The van der Waals surface area contributed by atoms with Gasteiger partial charge in [0.15, 0.2) is 0 Å². The minimum Gasteiger partial charge on any atom is -0.294 e. The predicted octanol–water partition coefficient (Wildman–Crippen LogP) is 4.48. The zero-order chi connectivity index (χ0) is 19.1. The molecule has 2 unspecified atom stereocenters. The minimum absolute atomic E-state index is 0.140. The second-order valence-corrected chi connectivity index (χ2v) is 7.40. The van der Waals surface area contributed by atoms with Crippen molar-refractivity contribution in [1.82, 2.24) is 20.1 Å². The average molecular weight is 378 g/mol. The third kappa shape index (κ3) is 3.03. The quantitative estimate of drug-likeness (QED) is 0.731. The first-order valence-corrected chi connectivity index (χ1v) is 9.53. The molecular weight excluding hydrogens is 358 g/mol. The Kier molecular flexibility index (Phi) is 4.28. The fraction of sp³-hybridized carbons (Fsp3) is 0.273. The molecule has 3 aromatic rings. The van der Waals surface area contributed by atoms with Crippen molar-refractivity contribution in [2.45, 2.75) is 25.1 Å². The number of nitrogens with zero attached hydrogens (tertiary/aromatic N) is 3. The van der Waals surface area contributed by atoms with Crippen molar-refractivity contribution in [2.24, 2.45) is 0 Å². The van der Waals surface area contributed by atoms with Crippen LogP contribution in [0.3, 0.4) is 0 Å². The van der Waals surface area contributed by atoms with Crippen LogP contribution in [0.25, 0.3) is 28.0 Å². The molecule has 6 heteroatoms. The van der Waals surface area contributed by atoms with Gasteiger partial charge < -0.3 is 0 Å². The molecule has 0 amide bonds. The van der Waals surface area contributed by atoms with Gasteiger partial charge in [-0.05, 0) is 60.4 Å². The molecular formula is C22H20F2N4. The van der Waals surface area contributed by atoms with Crippen LogP contribution in [0.15, 0.2) is 54.9 Å². The molecule has 28 heavy (non-hydrogen) atoms. The number of rotatable bonds is 3. The molecule has 4 heterocycles. The Bertz CT molecular complexity index is 1010. The molecule has 0 radical (unpaired) electrons. The van der Waals surface area contributed by atoms with Gasteiger partial charge in [0.2, 0.25) is 0 Å². The standard InChI is InChI=1S/C22H20F2N4/c23-17-3-1-15(2-4-17)21-20(14-5-8-25-9-6-14)22(27-26-21)16-7-10-28-13-18(24)12-19(28)11-16/h1-6,8-9,11,18-19H,7,10,12-13H2,(H,26,27). The maximum atomic E-state index is 13.8. The van der Waals surface area contributed by atoms with Crippen LogP contribution in [0.5, 0.6) is 0 Å². The van der Waals surface area contributed by atoms with Crippen molar-refractivity contribution in [1.29, 1.82) is 0 Å². The monoisotopic (exact) mass is 378 g/mol. The number of H-pyrrole nitrogens is 1. The van der Waals surface area contributed by atoms with E-state index >= 15 is 0 Å². The number of alkyl halides is 1. The highest BCUT2D eigenvalue weighted by atomic mass is 19.1. The van der Waals surface area contributed by atoms with E-state index in [1.54, 1.807) is 24.5 Å². The summed E-state index contributed by atoms with van der Waals surface area (Å²) in [5.41, 5.74) is 5.70. The van der Waals surface area contributed by atoms with Crippen LogP contribution in [0.1, 0.15) is 18.5 Å². The summed E-state index contributed by atoms with van der Waals surface area (Å²) in [6.07, 6.45) is 6.32. The molecule has 0 spiro atoms. The number of pyridine rings is 1. The summed E-state index contributed by atoms with van der Waals surface area (Å²) in [6, 6.07) is 10.4. The van der Waals surface area contributed by atoms with E-state index in [2.05, 4.69) is 26.2 Å². The highest BCUT2D eigenvalue weighted by Crippen LogP contribution is 2.39. The Morgan fingerprint density at radius 3 is 2.61 bits per heavy atom. The summed E-state index contributed by atoms with van der Waals surface area (Å²) < 4.78 is 27.2. The van der Waals surface area contributed by atoms with Crippen molar-refractivity contribution in [3.05, 3.63) is 66.4 Å². The Balaban J connectivity index is 1.63. The van der Waals surface area contributed by atoms with Gasteiger partial charge in [0.1, 0.15) is 17.7 Å². The highest BCUT2D eigenvalue weighted by Gasteiger charge is 2.34. The van der Waals surface area contributed by atoms with Gasteiger partial charge in [-0.1, -0.05) is 6.08 Å². The second kappa shape index (κ2) is 6.95. The summed E-state index contributed by atoms with van der Waals surface area (Å²) in [7, 11) is 0. The molecule has 0 saturated carbocycles. The SMILES string of the molecule is Fc1ccc(-c2n[nH]c(C3=CC4CC(F)CN4CC3)c2-c2ccncc2)cc1. The molecule has 2 aliphatic heterocycles. The molecule has 2 aliphatic rings. The zero-order valence-corrected chi connectivity index (χ0v) is 15.3. The second-order valence-electron chi connectivity index (χ2n) is 7.40. The number of benzene rings is 1. The molecule has 1 N–H and O–H groups in total. The first kappa shape index (κ1) is 17.3. The lowest BCUT2D eigenvalue weighted by Gasteiger charge is -2.28. The van der Waals surface area contributed by atoms with Crippen LogP contribution in [0.2, 0.25) is 0 Å². The minimum atomic E-state index is -0.753. The Morgan fingerprint density at radius 1 is 1.04 bits per heavy atom. The van der Waals surface area contributed by atoms with E-state index in [0.29, 0.717) is 13.0 Å². The molecule has 0 aliphatic carbocycles. The normalized spacial score (nSPS) is 22.1. The van der Waals surface area contributed by atoms with E-state index in [4.69, 9.17) is 0 Å². The van der Waals surface area contributed by atoms with E-state index in [-0.39, 0.29) is 11.9 Å². The maximum absolute atomic E-state index is 13.8. The molecule has 4 nitrogen and oxygen atoms in total. The van der Waals surface area contributed by atoms with E-state index in [0.717, 1.165) is 46.6 Å². The van der Waals surface area contributed by atoms with Crippen LogP contribution in [0, 0.1) is 5.82 Å². The first-order chi connectivity index (χ1) is 13.7. The van der Waals surface area contributed by atoms with Crippen LogP contribution in [0.4, 0.5) is 8.78 Å². The van der Waals surface area contributed by atoms with E-state index in [1.807, 2.05) is 12.1 Å². The molecule has 1 aromatic carbocycles. The van der Waals surface area contributed by atoms with Gasteiger partial charge >= 0.3 is 0 Å². The number of halogens is 2. The van der Waals surface area contributed by atoms with Crippen LogP contribution < -0.4 is 0 Å². The largest absolute Gasteiger partial charge is 0.294 e. The fourth-order valence-electron chi connectivity index (χ4n) is 4.28. The number of hydrogen-bond acceptors (Lipinski definition) is 3. The predicted molar refractivity (Wildman–Crippen MR) is 105 cm³/mol. The Morgan fingerprint density at radius 2 is 1.82 bits per heavy atom. The van der Waals surface area contributed by atoms with Crippen LogP contribution >= 0.6 is 0 Å². The van der Waals surface area contributed by atoms with E-state index in [9.17, 15) is 8.78 Å². The van der Waals surface area contributed by atoms with E-state index in [1.165, 1.54) is 12.1 Å². The van der Waals surface area contributed by atoms with Gasteiger partial charge in [-0.2, -0.15) is 5.10 Å². The number of aromatic nitrogens is 3. The van der Waals surface area contributed by atoms with E-state index < -0.39 is 6.17 Å². The molecule has 2 aromatic heterocycles. The fourth-order valence-corrected chi connectivity index (χ4v) is 4.28. The van der Waals surface area contributed by atoms with Gasteiger partial charge in [0, 0.05) is 42.7 Å². The first-order valence-electron chi connectivity index (χ1n) is 9.53. The van der Waals surface area contributed by atoms with Gasteiger partial charge in [0.05, 0.1) is 5.69 Å². The van der Waals surface area contributed by atoms with Crippen molar-refractivity contribution in [2.75, 3.05) is 13.1 Å². The Hall–Kier alpha value is -2.86. The molecule has 1 fully saturated rings. The van der Waals surface area contributed by atoms with Crippen LogP contribution in [-0.2, 0) is 0 Å². The summed E-state index contributed by atoms with van der Waals surface area (Å²) in [4.78, 5) is 6.33. The van der Waals surface area contributed by atoms with Gasteiger partial charge in [0.25, 0.3) is 0 Å². The highest BCUT2D eigenvalue weighted by molar-refractivity contribution is 5.89. The van der Waals surface area contributed by atoms with Crippen LogP contribution in [-0.4, -0.2) is 45.4 Å². The number of nitrogens with one attached hydrogen (secondary N) is 1. The van der Waals surface area contributed by atoms with Gasteiger partial charge in [-0.25, -0.2) is 8.78 Å². The summed E-state index contributed by atoms with van der Waals surface area (Å²) in [6.45, 7) is 1.37. The number of fused-ring (bicyclic) bond motifs is 1. The smallest absolute Gasteiger partial charge is 0.123 e. The van der Waals surface area contributed by atoms with Crippen molar-refractivity contribution < 1.29 is 8.78 Å². The lowest BCUT2D eigenvalue weighted by atomic mass is 9.92. The maximum Gasteiger partial charge on any atom is 0.123 e. The summed E-state index contributed by atoms with van der Waals surface area (Å²) in [5.74, 6) is -0.276. The molecule has 2 atom stereocenters. The number of aromatic amines is 1. The zero-order valence-electron chi connectivity index (χ0n) is 15.3. The third-order valence-corrected chi connectivity index (χ3v) is 5.63. The third-order valence-electron chi connectivity index (χ3n) is 5.63. The lowest BCUT2D eigenvalue weighted by molar-refractivity contribution is 0.266. The Labute approximate surface area is 161 Å².